The molecular formula is C14H25N3O3. The number of piperazine rings is 1. The zero-order valence-corrected chi connectivity index (χ0v) is 12.3. The van der Waals surface area contributed by atoms with Crippen LogP contribution in [0.3, 0.4) is 0 Å². The summed E-state index contributed by atoms with van der Waals surface area (Å²) in [6, 6.07) is -0.363. The normalized spacial score (nSPS) is 23.4. The molecule has 1 unspecified atom stereocenters. The largest absolute Gasteiger partial charge is 0.380 e. The molecule has 0 radical (unpaired) electrons. The summed E-state index contributed by atoms with van der Waals surface area (Å²) in [6.07, 6.45) is 2.44. The highest BCUT2D eigenvalue weighted by Gasteiger charge is 2.31. The van der Waals surface area contributed by atoms with Gasteiger partial charge in [-0.3, -0.25) is 9.59 Å². The minimum absolute atomic E-state index is 0.0310. The van der Waals surface area contributed by atoms with Crippen molar-refractivity contribution in [3.8, 4) is 0 Å². The second kappa shape index (κ2) is 7.59. The summed E-state index contributed by atoms with van der Waals surface area (Å²) >= 11 is 0. The summed E-state index contributed by atoms with van der Waals surface area (Å²) in [6.45, 7) is 6.91. The Labute approximate surface area is 120 Å². The van der Waals surface area contributed by atoms with Gasteiger partial charge < -0.3 is 19.9 Å². The predicted octanol–water partition coefficient (Wildman–Crippen LogP) is -0.164. The molecule has 2 heterocycles. The van der Waals surface area contributed by atoms with E-state index in [4.69, 9.17) is 4.74 Å². The van der Waals surface area contributed by atoms with Gasteiger partial charge in [0.05, 0.1) is 19.1 Å². The van der Waals surface area contributed by atoms with E-state index in [1.54, 1.807) is 4.90 Å². The van der Waals surface area contributed by atoms with Gasteiger partial charge in [-0.05, 0) is 19.8 Å². The molecule has 0 spiro atoms. The number of hydrogen-bond acceptors (Lipinski definition) is 4. The van der Waals surface area contributed by atoms with Crippen LogP contribution >= 0.6 is 0 Å². The Hall–Kier alpha value is -1.14. The van der Waals surface area contributed by atoms with Gasteiger partial charge >= 0.3 is 0 Å². The minimum Gasteiger partial charge on any atom is -0.380 e. The number of likely N-dealkylation sites (tertiary alicyclic amines) is 1. The number of amides is 2. The lowest BCUT2D eigenvalue weighted by Gasteiger charge is -2.33. The molecule has 6 heteroatoms. The van der Waals surface area contributed by atoms with E-state index in [9.17, 15) is 9.59 Å². The lowest BCUT2D eigenvalue weighted by Crippen LogP contribution is -2.56. The van der Waals surface area contributed by atoms with Crippen molar-refractivity contribution < 1.29 is 14.3 Å². The van der Waals surface area contributed by atoms with Gasteiger partial charge in [0, 0.05) is 39.3 Å². The monoisotopic (exact) mass is 283 g/mol. The van der Waals surface area contributed by atoms with E-state index < -0.39 is 0 Å². The third-order valence-corrected chi connectivity index (χ3v) is 3.93. The Morgan fingerprint density at radius 2 is 2.10 bits per heavy atom. The van der Waals surface area contributed by atoms with Crippen molar-refractivity contribution in [1.29, 1.82) is 0 Å². The van der Waals surface area contributed by atoms with E-state index in [0.29, 0.717) is 26.3 Å². The van der Waals surface area contributed by atoms with E-state index >= 15 is 0 Å². The average molecular weight is 283 g/mol. The molecule has 2 fully saturated rings. The van der Waals surface area contributed by atoms with Gasteiger partial charge in [0.1, 0.15) is 0 Å². The molecule has 1 N–H and O–H groups in total. The maximum absolute atomic E-state index is 12.3. The second-order valence-electron chi connectivity index (χ2n) is 5.32. The van der Waals surface area contributed by atoms with Crippen LogP contribution in [0.2, 0.25) is 0 Å². The average Bonchev–Trinajstić information content (AvgIpc) is 2.97. The van der Waals surface area contributed by atoms with Crippen molar-refractivity contribution in [2.75, 3.05) is 45.9 Å². The molecule has 2 aliphatic rings. The molecule has 0 aromatic rings. The SMILES string of the molecule is CCOCCN1CCNC(CC(=O)N2CCCC2)C1=O. The number of hydrogen-bond donors (Lipinski definition) is 1. The number of carbonyl (C=O) groups excluding carboxylic acids is 2. The van der Waals surface area contributed by atoms with Gasteiger partial charge in [0.25, 0.3) is 0 Å². The molecule has 1 atom stereocenters. The molecule has 2 rings (SSSR count). The van der Waals surface area contributed by atoms with E-state index in [1.807, 2.05) is 11.8 Å². The standard InChI is InChI=1S/C14H25N3O3/c1-2-20-10-9-17-8-5-15-12(14(17)19)11-13(18)16-6-3-4-7-16/h12,15H,2-11H2,1H3. The number of carbonyl (C=O) groups is 2. The Bertz CT molecular complexity index is 343. The summed E-state index contributed by atoms with van der Waals surface area (Å²) in [5.74, 6) is 0.128. The highest BCUT2D eigenvalue weighted by atomic mass is 16.5. The third kappa shape index (κ3) is 3.93. The van der Waals surface area contributed by atoms with Crippen LogP contribution in [0.25, 0.3) is 0 Å². The molecule has 2 saturated heterocycles. The summed E-state index contributed by atoms with van der Waals surface area (Å²) in [5, 5.41) is 3.16. The first kappa shape index (κ1) is 15.3. The Morgan fingerprint density at radius 1 is 1.35 bits per heavy atom. The number of nitrogens with one attached hydrogen (secondary N) is 1. The van der Waals surface area contributed by atoms with Gasteiger partial charge in [0.2, 0.25) is 11.8 Å². The predicted molar refractivity (Wildman–Crippen MR) is 75.3 cm³/mol. The molecule has 0 aromatic heterocycles. The molecular weight excluding hydrogens is 258 g/mol. The zero-order valence-electron chi connectivity index (χ0n) is 12.3. The maximum atomic E-state index is 12.3. The highest BCUT2D eigenvalue weighted by molar-refractivity contribution is 5.89. The van der Waals surface area contributed by atoms with E-state index in [-0.39, 0.29) is 24.3 Å². The fourth-order valence-electron chi connectivity index (χ4n) is 2.76. The topological polar surface area (TPSA) is 61.9 Å². The second-order valence-corrected chi connectivity index (χ2v) is 5.32. The summed E-state index contributed by atoms with van der Waals surface area (Å²) in [4.78, 5) is 28.1. The number of nitrogens with zero attached hydrogens (tertiary/aromatic N) is 2. The fourth-order valence-corrected chi connectivity index (χ4v) is 2.76. The zero-order chi connectivity index (χ0) is 14.4. The number of rotatable bonds is 6. The Balaban J connectivity index is 1.81. The Kier molecular flexibility index (Phi) is 5.79. The lowest BCUT2D eigenvalue weighted by atomic mass is 10.1. The first-order chi connectivity index (χ1) is 9.72. The van der Waals surface area contributed by atoms with Crippen LogP contribution in [0.4, 0.5) is 0 Å². The van der Waals surface area contributed by atoms with E-state index in [2.05, 4.69) is 5.32 Å². The summed E-state index contributed by atoms with van der Waals surface area (Å²) < 4.78 is 5.29. The first-order valence-electron chi connectivity index (χ1n) is 7.60. The molecule has 0 aliphatic carbocycles. The molecule has 114 valence electrons. The van der Waals surface area contributed by atoms with Crippen molar-refractivity contribution in [1.82, 2.24) is 15.1 Å². The van der Waals surface area contributed by atoms with Crippen LogP contribution in [0.5, 0.6) is 0 Å². The van der Waals surface area contributed by atoms with Crippen molar-refractivity contribution in [3.05, 3.63) is 0 Å². The van der Waals surface area contributed by atoms with Crippen molar-refractivity contribution in [2.24, 2.45) is 0 Å². The molecule has 6 nitrogen and oxygen atoms in total. The van der Waals surface area contributed by atoms with Gasteiger partial charge in [-0.15, -0.1) is 0 Å². The van der Waals surface area contributed by atoms with Gasteiger partial charge in [-0.1, -0.05) is 0 Å². The van der Waals surface area contributed by atoms with E-state index in [0.717, 1.165) is 32.5 Å². The van der Waals surface area contributed by atoms with Crippen LogP contribution in [-0.2, 0) is 14.3 Å². The minimum atomic E-state index is -0.363. The molecule has 2 aliphatic heterocycles. The van der Waals surface area contributed by atoms with Crippen LogP contribution in [0.1, 0.15) is 26.2 Å². The first-order valence-corrected chi connectivity index (χ1v) is 7.60. The van der Waals surface area contributed by atoms with Crippen molar-refractivity contribution >= 4 is 11.8 Å². The summed E-state index contributed by atoms with van der Waals surface area (Å²) in [7, 11) is 0. The van der Waals surface area contributed by atoms with Gasteiger partial charge in [-0.25, -0.2) is 0 Å². The molecule has 20 heavy (non-hydrogen) atoms. The maximum Gasteiger partial charge on any atom is 0.240 e. The van der Waals surface area contributed by atoms with Crippen molar-refractivity contribution in [3.63, 3.8) is 0 Å². The third-order valence-electron chi connectivity index (χ3n) is 3.93. The van der Waals surface area contributed by atoms with Gasteiger partial charge in [-0.2, -0.15) is 0 Å². The fraction of sp³-hybridized carbons (Fsp3) is 0.857. The molecule has 0 bridgehead atoms. The van der Waals surface area contributed by atoms with Crippen LogP contribution in [0.15, 0.2) is 0 Å². The molecule has 2 amide bonds. The van der Waals surface area contributed by atoms with E-state index in [1.165, 1.54) is 0 Å². The van der Waals surface area contributed by atoms with Gasteiger partial charge in [0.15, 0.2) is 0 Å². The Morgan fingerprint density at radius 3 is 2.80 bits per heavy atom. The quantitative estimate of drug-likeness (QED) is 0.688. The molecule has 0 saturated carbocycles. The van der Waals surface area contributed by atoms with Crippen LogP contribution in [-0.4, -0.2) is 73.6 Å². The highest BCUT2D eigenvalue weighted by Crippen LogP contribution is 2.12. The van der Waals surface area contributed by atoms with Crippen LogP contribution in [0, 0.1) is 0 Å². The van der Waals surface area contributed by atoms with Crippen LogP contribution < -0.4 is 5.32 Å². The lowest BCUT2D eigenvalue weighted by molar-refractivity contribution is -0.141. The summed E-state index contributed by atoms with van der Waals surface area (Å²) in [5.41, 5.74) is 0. The van der Waals surface area contributed by atoms with Crippen molar-refractivity contribution in [2.45, 2.75) is 32.2 Å². The molecule has 0 aromatic carbocycles. The smallest absolute Gasteiger partial charge is 0.240 e. The number of ether oxygens (including phenoxy) is 1.